The Morgan fingerprint density at radius 1 is 1.22 bits per heavy atom. The SMILES string of the molecule is O=C(O)C(F)(F)F.O=C1CCNC(C(F)(F)F)C1. The first-order chi connectivity index (χ1) is 7.94. The van der Waals surface area contributed by atoms with Gasteiger partial charge in [-0.05, 0) is 0 Å². The zero-order valence-corrected chi connectivity index (χ0v) is 8.73. The summed E-state index contributed by atoms with van der Waals surface area (Å²) in [6, 6.07) is -1.62. The number of carbonyl (C=O) groups is 2. The van der Waals surface area contributed by atoms with Gasteiger partial charge in [0.1, 0.15) is 11.8 Å². The monoisotopic (exact) mass is 281 g/mol. The maximum Gasteiger partial charge on any atom is 0.490 e. The van der Waals surface area contributed by atoms with Crippen LogP contribution >= 0.6 is 0 Å². The highest BCUT2D eigenvalue weighted by Gasteiger charge is 2.41. The number of Topliss-reactive ketones (excluding diaryl/α,β-unsaturated/α-hetero) is 1. The van der Waals surface area contributed by atoms with Gasteiger partial charge in [-0.25, -0.2) is 4.79 Å². The molecular weight excluding hydrogens is 272 g/mol. The molecule has 1 saturated heterocycles. The van der Waals surface area contributed by atoms with Gasteiger partial charge in [0.2, 0.25) is 0 Å². The van der Waals surface area contributed by atoms with E-state index in [9.17, 15) is 31.1 Å². The number of carboxylic acid groups (broad SMARTS) is 1. The van der Waals surface area contributed by atoms with E-state index < -0.39 is 30.8 Å². The molecule has 0 aromatic carbocycles. The van der Waals surface area contributed by atoms with Gasteiger partial charge in [-0.15, -0.1) is 0 Å². The minimum absolute atomic E-state index is 0.142. The zero-order valence-electron chi connectivity index (χ0n) is 8.73. The molecule has 1 aliphatic heterocycles. The summed E-state index contributed by atoms with van der Waals surface area (Å²) in [7, 11) is 0. The second kappa shape index (κ2) is 6.03. The molecule has 106 valence electrons. The number of carbonyl (C=O) groups excluding carboxylic acids is 1. The average molecular weight is 281 g/mol. The van der Waals surface area contributed by atoms with Gasteiger partial charge in [0.25, 0.3) is 0 Å². The number of halogens is 6. The number of rotatable bonds is 0. The number of piperidine rings is 1. The molecule has 0 saturated carbocycles. The van der Waals surface area contributed by atoms with Gasteiger partial charge >= 0.3 is 18.3 Å². The van der Waals surface area contributed by atoms with Crippen molar-refractivity contribution in [1.82, 2.24) is 5.32 Å². The lowest BCUT2D eigenvalue weighted by molar-refractivity contribution is -0.192. The maximum absolute atomic E-state index is 11.9. The minimum atomic E-state index is -5.08. The summed E-state index contributed by atoms with van der Waals surface area (Å²) in [6.45, 7) is 0.142. The molecule has 4 nitrogen and oxygen atoms in total. The van der Waals surface area contributed by atoms with Crippen LogP contribution in [0.4, 0.5) is 26.3 Å². The molecule has 0 aromatic heterocycles. The highest BCUT2D eigenvalue weighted by molar-refractivity contribution is 5.80. The molecule has 0 aliphatic carbocycles. The Morgan fingerprint density at radius 2 is 1.67 bits per heavy atom. The van der Waals surface area contributed by atoms with Crippen molar-refractivity contribution in [3.8, 4) is 0 Å². The van der Waals surface area contributed by atoms with Crippen LogP contribution in [0.15, 0.2) is 0 Å². The van der Waals surface area contributed by atoms with Crippen LogP contribution in [0.2, 0.25) is 0 Å². The van der Waals surface area contributed by atoms with E-state index in [0.29, 0.717) is 0 Å². The maximum atomic E-state index is 11.9. The van der Waals surface area contributed by atoms with Crippen LogP contribution in [-0.2, 0) is 9.59 Å². The highest BCUT2D eigenvalue weighted by Crippen LogP contribution is 2.24. The molecular formula is C8H9F6NO3. The van der Waals surface area contributed by atoms with Crippen LogP contribution in [0.5, 0.6) is 0 Å². The van der Waals surface area contributed by atoms with Gasteiger partial charge in [-0.2, -0.15) is 26.3 Å². The van der Waals surface area contributed by atoms with Gasteiger partial charge in [0.15, 0.2) is 0 Å². The third-order valence-electron chi connectivity index (χ3n) is 1.86. The fourth-order valence-corrected chi connectivity index (χ4v) is 1.02. The largest absolute Gasteiger partial charge is 0.490 e. The van der Waals surface area contributed by atoms with Crippen LogP contribution in [0, 0.1) is 0 Å². The summed E-state index contributed by atoms with van der Waals surface area (Å²) in [6.07, 6.45) is -9.56. The number of nitrogens with one attached hydrogen (secondary N) is 1. The van der Waals surface area contributed by atoms with Crippen molar-refractivity contribution in [2.24, 2.45) is 0 Å². The Morgan fingerprint density at radius 3 is 1.89 bits per heavy atom. The van der Waals surface area contributed by atoms with Crippen molar-refractivity contribution in [3.05, 3.63) is 0 Å². The third-order valence-corrected chi connectivity index (χ3v) is 1.86. The molecule has 1 rings (SSSR count). The van der Waals surface area contributed by atoms with Gasteiger partial charge < -0.3 is 10.4 Å². The van der Waals surface area contributed by atoms with Crippen molar-refractivity contribution in [2.75, 3.05) is 6.54 Å². The fraction of sp³-hybridized carbons (Fsp3) is 0.750. The molecule has 2 N–H and O–H groups in total. The Balaban J connectivity index is 0.000000360. The molecule has 0 radical (unpaired) electrons. The molecule has 0 amide bonds. The van der Waals surface area contributed by atoms with E-state index in [0.717, 1.165) is 0 Å². The van der Waals surface area contributed by atoms with E-state index in [2.05, 4.69) is 5.32 Å². The van der Waals surface area contributed by atoms with E-state index in [1.807, 2.05) is 0 Å². The molecule has 0 bridgehead atoms. The lowest BCUT2D eigenvalue weighted by Crippen LogP contribution is -2.47. The van der Waals surface area contributed by atoms with E-state index in [1.165, 1.54) is 0 Å². The fourth-order valence-electron chi connectivity index (χ4n) is 1.02. The zero-order chi connectivity index (χ0) is 14.6. The first kappa shape index (κ1) is 16.7. The Hall–Kier alpha value is -1.32. The Bertz CT molecular complexity index is 311. The second-order valence-corrected chi connectivity index (χ2v) is 3.34. The average Bonchev–Trinajstić information content (AvgIpc) is 2.15. The molecule has 0 spiro atoms. The second-order valence-electron chi connectivity index (χ2n) is 3.34. The van der Waals surface area contributed by atoms with Crippen molar-refractivity contribution < 1.29 is 41.0 Å². The summed E-state index contributed by atoms with van der Waals surface area (Å²) in [5.41, 5.74) is 0. The minimum Gasteiger partial charge on any atom is -0.475 e. The standard InChI is InChI=1S/C6H8F3NO.C2HF3O2/c7-6(8,9)5-3-4(11)1-2-10-5;3-2(4,5)1(6)7/h5,10H,1-3H2;(H,6,7). The number of hydrogen-bond donors (Lipinski definition) is 2. The summed E-state index contributed by atoms with van der Waals surface area (Å²) in [5, 5.41) is 9.37. The number of alkyl halides is 6. The van der Waals surface area contributed by atoms with E-state index in [1.54, 1.807) is 0 Å². The summed E-state index contributed by atoms with van der Waals surface area (Å²) in [4.78, 5) is 19.5. The van der Waals surface area contributed by atoms with E-state index >= 15 is 0 Å². The van der Waals surface area contributed by atoms with Crippen LogP contribution in [0.3, 0.4) is 0 Å². The normalized spacial score (nSPS) is 21.0. The van der Waals surface area contributed by atoms with Crippen molar-refractivity contribution in [1.29, 1.82) is 0 Å². The predicted octanol–water partition coefficient (Wildman–Crippen LogP) is 1.50. The van der Waals surface area contributed by atoms with Crippen LogP contribution in [-0.4, -0.2) is 41.8 Å². The van der Waals surface area contributed by atoms with Crippen molar-refractivity contribution >= 4 is 11.8 Å². The van der Waals surface area contributed by atoms with Crippen molar-refractivity contribution in [3.63, 3.8) is 0 Å². The first-order valence-corrected chi connectivity index (χ1v) is 4.56. The number of aliphatic carboxylic acids is 1. The molecule has 18 heavy (non-hydrogen) atoms. The predicted molar refractivity (Wildman–Crippen MR) is 45.8 cm³/mol. The Kier molecular flexibility index (Phi) is 5.58. The molecule has 1 aliphatic rings. The van der Waals surface area contributed by atoms with Gasteiger partial charge in [0.05, 0.1) is 0 Å². The van der Waals surface area contributed by atoms with E-state index in [4.69, 9.17) is 9.90 Å². The van der Waals surface area contributed by atoms with Crippen LogP contribution in [0.25, 0.3) is 0 Å². The van der Waals surface area contributed by atoms with Gasteiger partial charge in [0, 0.05) is 19.4 Å². The molecule has 1 atom stereocenters. The number of carboxylic acids is 1. The molecule has 10 heteroatoms. The molecule has 0 aromatic rings. The number of ketones is 1. The van der Waals surface area contributed by atoms with E-state index in [-0.39, 0.29) is 18.7 Å². The quantitative estimate of drug-likeness (QED) is 0.660. The van der Waals surface area contributed by atoms with Crippen molar-refractivity contribution in [2.45, 2.75) is 31.2 Å². The number of hydrogen-bond acceptors (Lipinski definition) is 3. The van der Waals surface area contributed by atoms with Crippen LogP contribution in [0.1, 0.15) is 12.8 Å². The summed E-state index contributed by atoms with van der Waals surface area (Å²) in [5.74, 6) is -3.07. The van der Waals surface area contributed by atoms with Crippen LogP contribution < -0.4 is 5.32 Å². The smallest absolute Gasteiger partial charge is 0.475 e. The summed E-state index contributed by atoms with van der Waals surface area (Å²) >= 11 is 0. The van der Waals surface area contributed by atoms with Gasteiger partial charge in [-0.3, -0.25) is 4.79 Å². The molecule has 1 unspecified atom stereocenters. The Labute approximate surface area is 97.0 Å². The lowest BCUT2D eigenvalue weighted by atomic mass is 10.0. The molecule has 1 heterocycles. The first-order valence-electron chi connectivity index (χ1n) is 4.56. The topological polar surface area (TPSA) is 66.4 Å². The summed E-state index contributed by atoms with van der Waals surface area (Å²) < 4.78 is 67.4. The van der Waals surface area contributed by atoms with Gasteiger partial charge in [-0.1, -0.05) is 0 Å². The lowest BCUT2D eigenvalue weighted by Gasteiger charge is -2.24. The third kappa shape index (κ3) is 6.42. The molecule has 1 fully saturated rings. The highest BCUT2D eigenvalue weighted by atomic mass is 19.4.